The van der Waals surface area contributed by atoms with E-state index in [0.717, 1.165) is 0 Å². The van der Waals surface area contributed by atoms with E-state index in [1.165, 1.54) is 0 Å². The zero-order chi connectivity index (χ0) is 7.84. The number of rotatable bonds is 0. The summed E-state index contributed by atoms with van der Waals surface area (Å²) < 4.78 is 4.98. The van der Waals surface area contributed by atoms with Crippen LogP contribution in [0.15, 0.2) is 9.59 Å². The first-order valence-corrected chi connectivity index (χ1v) is 3.25. The van der Waals surface area contributed by atoms with Crippen LogP contribution in [-0.2, 0) is 6.42 Å². The Hall–Kier alpha value is -1.52. The van der Waals surface area contributed by atoms with Gasteiger partial charge in [0.1, 0.15) is 0 Å². The molecule has 2 heterocycles. The lowest BCUT2D eigenvalue weighted by Crippen LogP contribution is -2.23. The van der Waals surface area contributed by atoms with Crippen molar-refractivity contribution in [2.24, 2.45) is 0 Å². The number of hydrogen-bond donors (Lipinski definition) is 2. The number of fused-ring (bicyclic) bond motifs is 1. The highest BCUT2D eigenvalue weighted by Gasteiger charge is 2.16. The van der Waals surface area contributed by atoms with E-state index in [9.17, 15) is 9.59 Å². The first kappa shape index (κ1) is 6.21. The second-order valence-corrected chi connectivity index (χ2v) is 2.31. The first-order valence-electron chi connectivity index (χ1n) is 3.25. The Morgan fingerprint density at radius 1 is 1.27 bits per heavy atom. The zero-order valence-electron chi connectivity index (χ0n) is 5.64. The Morgan fingerprint density at radius 3 is 2.91 bits per heavy atom. The molecule has 0 spiro atoms. The van der Waals surface area contributed by atoms with Crippen LogP contribution in [0, 0.1) is 0 Å². The fraction of sp³-hybridized carbons (Fsp3) is 0.333. The standard InChI is InChI=1S/C6H6N2O3/c9-4-3-1-2-11-5(3)8-6(10)7-4/h1-2H2,(H2,7,8,9,10). The van der Waals surface area contributed by atoms with Gasteiger partial charge in [0.05, 0.1) is 12.2 Å². The van der Waals surface area contributed by atoms with Crippen molar-refractivity contribution in [3.05, 3.63) is 26.4 Å². The molecule has 0 amide bonds. The van der Waals surface area contributed by atoms with Gasteiger partial charge in [-0.15, -0.1) is 0 Å². The van der Waals surface area contributed by atoms with Crippen LogP contribution in [0.3, 0.4) is 0 Å². The van der Waals surface area contributed by atoms with Crippen LogP contribution in [-0.4, -0.2) is 16.6 Å². The largest absolute Gasteiger partial charge is 0.478 e. The molecule has 11 heavy (non-hydrogen) atoms. The smallest absolute Gasteiger partial charge is 0.328 e. The summed E-state index contributed by atoms with van der Waals surface area (Å²) in [6.45, 7) is 0.471. The molecule has 0 bridgehead atoms. The van der Waals surface area contributed by atoms with Gasteiger partial charge in [0.25, 0.3) is 5.56 Å². The van der Waals surface area contributed by atoms with Gasteiger partial charge in [-0.1, -0.05) is 0 Å². The van der Waals surface area contributed by atoms with Crippen molar-refractivity contribution in [3.63, 3.8) is 0 Å². The molecule has 0 fully saturated rings. The van der Waals surface area contributed by atoms with Crippen molar-refractivity contribution in [2.75, 3.05) is 6.61 Å². The van der Waals surface area contributed by atoms with E-state index in [1.54, 1.807) is 0 Å². The van der Waals surface area contributed by atoms with Gasteiger partial charge in [-0.25, -0.2) is 4.79 Å². The van der Waals surface area contributed by atoms with Gasteiger partial charge in [-0.05, 0) is 0 Å². The summed E-state index contributed by atoms with van der Waals surface area (Å²) in [7, 11) is 0. The Kier molecular flexibility index (Phi) is 1.12. The minimum absolute atomic E-state index is 0.318. The third-order valence-corrected chi connectivity index (χ3v) is 1.60. The van der Waals surface area contributed by atoms with E-state index in [1.807, 2.05) is 0 Å². The SMILES string of the molecule is O=c1[nH]c2c(c(=O)[nH]1)CCO2. The van der Waals surface area contributed by atoms with Gasteiger partial charge in [0, 0.05) is 6.42 Å². The summed E-state index contributed by atoms with van der Waals surface area (Å²) in [5, 5.41) is 0. The summed E-state index contributed by atoms with van der Waals surface area (Å²) >= 11 is 0. The molecule has 0 aromatic carbocycles. The predicted molar refractivity (Wildman–Crippen MR) is 36.9 cm³/mol. The van der Waals surface area contributed by atoms with Gasteiger partial charge in [-0.2, -0.15) is 0 Å². The lowest BCUT2D eigenvalue weighted by atomic mass is 10.3. The van der Waals surface area contributed by atoms with E-state index >= 15 is 0 Å². The van der Waals surface area contributed by atoms with Crippen LogP contribution in [0.4, 0.5) is 0 Å². The number of aromatic amines is 2. The summed E-state index contributed by atoms with van der Waals surface area (Å²) in [4.78, 5) is 26.2. The normalized spacial score (nSPS) is 14.2. The molecule has 0 aliphatic carbocycles. The fourth-order valence-electron chi connectivity index (χ4n) is 1.10. The average molecular weight is 154 g/mol. The van der Waals surface area contributed by atoms with Gasteiger partial charge < -0.3 is 4.74 Å². The first-order chi connectivity index (χ1) is 5.27. The fourth-order valence-corrected chi connectivity index (χ4v) is 1.10. The quantitative estimate of drug-likeness (QED) is 0.503. The highest BCUT2D eigenvalue weighted by Crippen LogP contribution is 2.14. The van der Waals surface area contributed by atoms with Crippen LogP contribution < -0.4 is 16.0 Å². The maximum atomic E-state index is 11.0. The molecular formula is C6H6N2O3. The highest BCUT2D eigenvalue weighted by atomic mass is 16.5. The van der Waals surface area contributed by atoms with E-state index in [4.69, 9.17) is 4.74 Å². The summed E-state index contributed by atoms with van der Waals surface area (Å²) in [5.74, 6) is 0.318. The number of nitrogens with one attached hydrogen (secondary N) is 2. The van der Waals surface area contributed by atoms with E-state index in [0.29, 0.717) is 24.5 Å². The van der Waals surface area contributed by atoms with Gasteiger partial charge >= 0.3 is 5.69 Å². The Balaban J connectivity index is 2.80. The molecule has 58 valence electrons. The molecule has 0 atom stereocenters. The van der Waals surface area contributed by atoms with Gasteiger partial charge in [0.2, 0.25) is 5.88 Å². The number of hydrogen-bond acceptors (Lipinski definition) is 3. The number of aromatic nitrogens is 2. The minimum Gasteiger partial charge on any atom is -0.478 e. The number of ether oxygens (including phenoxy) is 1. The Morgan fingerprint density at radius 2 is 2.09 bits per heavy atom. The van der Waals surface area contributed by atoms with Crippen molar-refractivity contribution in [1.82, 2.24) is 9.97 Å². The molecule has 1 aliphatic heterocycles. The van der Waals surface area contributed by atoms with E-state index < -0.39 is 5.69 Å². The third kappa shape index (κ3) is 0.849. The second kappa shape index (κ2) is 1.98. The molecule has 0 unspecified atom stereocenters. The van der Waals surface area contributed by atoms with Crippen LogP contribution in [0.5, 0.6) is 5.88 Å². The summed E-state index contributed by atoms with van der Waals surface area (Å²) in [6, 6.07) is 0. The average Bonchev–Trinajstić information content (AvgIpc) is 2.34. The lowest BCUT2D eigenvalue weighted by molar-refractivity contribution is 0.343. The van der Waals surface area contributed by atoms with E-state index in [-0.39, 0.29) is 5.56 Å². The second-order valence-electron chi connectivity index (χ2n) is 2.31. The topological polar surface area (TPSA) is 75.0 Å². The van der Waals surface area contributed by atoms with Gasteiger partial charge in [0.15, 0.2) is 0 Å². The third-order valence-electron chi connectivity index (χ3n) is 1.60. The molecule has 1 aromatic heterocycles. The molecular weight excluding hydrogens is 148 g/mol. The van der Waals surface area contributed by atoms with Crippen LogP contribution in [0.1, 0.15) is 5.56 Å². The van der Waals surface area contributed by atoms with Crippen LogP contribution in [0.2, 0.25) is 0 Å². The molecule has 0 saturated heterocycles. The molecule has 0 saturated carbocycles. The van der Waals surface area contributed by atoms with Crippen molar-refractivity contribution < 1.29 is 4.74 Å². The summed E-state index contributed by atoms with van der Waals surface area (Å²) in [5.41, 5.74) is -0.332. The lowest BCUT2D eigenvalue weighted by Gasteiger charge is -1.93. The molecule has 0 radical (unpaired) electrons. The Bertz CT molecular complexity index is 390. The molecule has 2 N–H and O–H groups in total. The summed E-state index contributed by atoms with van der Waals surface area (Å²) in [6.07, 6.45) is 0.571. The molecule has 5 heteroatoms. The molecule has 5 nitrogen and oxygen atoms in total. The predicted octanol–water partition coefficient (Wildman–Crippen LogP) is -1.00. The highest BCUT2D eigenvalue weighted by molar-refractivity contribution is 5.25. The van der Waals surface area contributed by atoms with Crippen molar-refractivity contribution in [2.45, 2.75) is 6.42 Å². The molecule has 2 rings (SSSR count). The van der Waals surface area contributed by atoms with Crippen LogP contribution >= 0.6 is 0 Å². The van der Waals surface area contributed by atoms with Gasteiger partial charge in [-0.3, -0.25) is 14.8 Å². The van der Waals surface area contributed by atoms with Crippen molar-refractivity contribution in [1.29, 1.82) is 0 Å². The Labute approximate surface area is 61.0 Å². The van der Waals surface area contributed by atoms with Crippen LogP contribution in [0.25, 0.3) is 0 Å². The minimum atomic E-state index is -0.518. The van der Waals surface area contributed by atoms with E-state index in [2.05, 4.69) is 9.97 Å². The monoisotopic (exact) mass is 154 g/mol. The van der Waals surface area contributed by atoms with Crippen molar-refractivity contribution in [3.8, 4) is 5.88 Å². The van der Waals surface area contributed by atoms with Crippen molar-refractivity contribution >= 4 is 0 Å². The molecule has 1 aromatic rings. The zero-order valence-corrected chi connectivity index (χ0v) is 5.64. The maximum absolute atomic E-state index is 11.0. The number of H-pyrrole nitrogens is 2. The maximum Gasteiger partial charge on any atom is 0.328 e. The molecule has 1 aliphatic rings.